The Morgan fingerprint density at radius 2 is 2.55 bits per heavy atom. The van der Waals surface area contributed by atoms with Crippen LogP contribution in [0.4, 0.5) is 0 Å². The van der Waals surface area contributed by atoms with E-state index < -0.39 is 0 Å². The fraction of sp³-hybridized carbons (Fsp3) is 0.250. The summed E-state index contributed by atoms with van der Waals surface area (Å²) in [5.74, 6) is 0. The molecule has 0 saturated heterocycles. The van der Waals surface area contributed by atoms with Crippen molar-refractivity contribution in [2.75, 3.05) is 0 Å². The van der Waals surface area contributed by atoms with Crippen molar-refractivity contribution >= 4 is 12.3 Å². The number of allylic oxidation sites excluding steroid dienone is 1. The Kier molecular flexibility index (Phi) is 2.60. The van der Waals surface area contributed by atoms with Crippen LogP contribution in [-0.4, -0.2) is 16.4 Å². The molecule has 3 heteroatoms. The van der Waals surface area contributed by atoms with Crippen molar-refractivity contribution in [3.8, 4) is 0 Å². The quantitative estimate of drug-likeness (QED) is 0.630. The van der Waals surface area contributed by atoms with Crippen LogP contribution in [0, 0.1) is 5.41 Å². The van der Waals surface area contributed by atoms with Crippen LogP contribution in [0.2, 0.25) is 0 Å². The first-order valence-electron chi connectivity index (χ1n) is 3.58. The predicted molar refractivity (Wildman–Crippen MR) is 45.8 cm³/mol. The van der Waals surface area contributed by atoms with Crippen LogP contribution in [-0.2, 0) is 6.42 Å². The minimum absolute atomic E-state index is 0.966. The summed E-state index contributed by atoms with van der Waals surface area (Å²) in [4.78, 5) is 0. The van der Waals surface area contributed by atoms with E-state index in [4.69, 9.17) is 5.41 Å². The van der Waals surface area contributed by atoms with Crippen molar-refractivity contribution in [1.82, 2.24) is 10.2 Å². The Labute approximate surface area is 65.6 Å². The molecule has 0 fully saturated rings. The number of nitrogens with one attached hydrogen (secondary N) is 2. The molecule has 0 aromatic carbocycles. The third kappa shape index (κ3) is 1.77. The van der Waals surface area contributed by atoms with E-state index >= 15 is 0 Å². The monoisotopic (exact) mass is 149 g/mol. The van der Waals surface area contributed by atoms with Crippen molar-refractivity contribution in [2.24, 2.45) is 0 Å². The number of aromatic amines is 1. The number of aromatic nitrogens is 2. The lowest BCUT2D eigenvalue weighted by atomic mass is 10.2. The molecule has 0 aliphatic rings. The number of hydrogen-bond acceptors (Lipinski definition) is 2. The highest BCUT2D eigenvalue weighted by molar-refractivity contribution is 5.75. The van der Waals surface area contributed by atoms with E-state index in [0.29, 0.717) is 0 Å². The zero-order valence-electron chi connectivity index (χ0n) is 6.46. The van der Waals surface area contributed by atoms with Crippen molar-refractivity contribution in [3.05, 3.63) is 23.5 Å². The summed E-state index contributed by atoms with van der Waals surface area (Å²) >= 11 is 0. The zero-order valence-corrected chi connectivity index (χ0v) is 6.46. The van der Waals surface area contributed by atoms with Gasteiger partial charge in [-0.2, -0.15) is 5.10 Å². The van der Waals surface area contributed by atoms with Crippen molar-refractivity contribution in [2.45, 2.75) is 13.3 Å². The van der Waals surface area contributed by atoms with Crippen LogP contribution in [0.3, 0.4) is 0 Å². The number of H-pyrrole nitrogens is 1. The molecule has 0 atom stereocenters. The van der Waals surface area contributed by atoms with Gasteiger partial charge in [-0.05, 0) is 24.1 Å². The van der Waals surface area contributed by atoms with Gasteiger partial charge < -0.3 is 5.41 Å². The van der Waals surface area contributed by atoms with E-state index in [2.05, 4.69) is 17.1 Å². The molecule has 1 heterocycles. The summed E-state index contributed by atoms with van der Waals surface area (Å²) in [6, 6.07) is 0. The average Bonchev–Trinajstić information content (AvgIpc) is 2.47. The van der Waals surface area contributed by atoms with Crippen LogP contribution in [0.25, 0.3) is 6.08 Å². The molecule has 11 heavy (non-hydrogen) atoms. The lowest BCUT2D eigenvalue weighted by Gasteiger charge is -1.89. The Bertz CT molecular complexity index is 260. The van der Waals surface area contributed by atoms with Gasteiger partial charge in [0.25, 0.3) is 0 Å². The number of rotatable bonds is 3. The van der Waals surface area contributed by atoms with Crippen molar-refractivity contribution in [3.63, 3.8) is 0 Å². The molecule has 0 radical (unpaired) electrons. The van der Waals surface area contributed by atoms with Gasteiger partial charge in [-0.25, -0.2) is 0 Å². The number of hydrogen-bond donors (Lipinski definition) is 2. The van der Waals surface area contributed by atoms with E-state index in [-0.39, 0.29) is 0 Å². The van der Waals surface area contributed by atoms with Gasteiger partial charge in [0, 0.05) is 6.21 Å². The summed E-state index contributed by atoms with van der Waals surface area (Å²) in [6.07, 6.45) is 7.55. The van der Waals surface area contributed by atoms with Gasteiger partial charge in [0.05, 0.1) is 11.9 Å². The first kappa shape index (κ1) is 7.72. The predicted octanol–water partition coefficient (Wildman–Crippen LogP) is 1.63. The first-order chi connectivity index (χ1) is 5.38. The highest BCUT2D eigenvalue weighted by Crippen LogP contribution is 2.06. The minimum Gasteiger partial charge on any atom is -0.309 e. The Balaban J connectivity index is 2.84. The number of aryl methyl sites for hydroxylation is 1. The third-order valence-corrected chi connectivity index (χ3v) is 1.49. The molecule has 0 amide bonds. The maximum atomic E-state index is 6.79. The molecule has 1 aromatic heterocycles. The lowest BCUT2D eigenvalue weighted by molar-refractivity contribution is 1.08. The molecule has 1 rings (SSSR count). The molecule has 58 valence electrons. The standard InChI is InChI=1S/C8H11N3/c1-2-7-6-10-11-8(7)4-3-5-9/h3-6,9H,2H2,1H3,(H,10,11)/b4-3-,9-5?. The maximum Gasteiger partial charge on any atom is 0.0610 e. The molecular formula is C8H11N3. The van der Waals surface area contributed by atoms with E-state index in [1.54, 1.807) is 6.08 Å². The molecular weight excluding hydrogens is 138 g/mol. The van der Waals surface area contributed by atoms with E-state index in [1.165, 1.54) is 11.8 Å². The fourth-order valence-corrected chi connectivity index (χ4v) is 0.891. The fourth-order valence-electron chi connectivity index (χ4n) is 0.891. The van der Waals surface area contributed by atoms with Gasteiger partial charge >= 0.3 is 0 Å². The molecule has 2 N–H and O–H groups in total. The normalized spacial score (nSPS) is 10.6. The van der Waals surface area contributed by atoms with Gasteiger partial charge in [-0.15, -0.1) is 0 Å². The summed E-state index contributed by atoms with van der Waals surface area (Å²) < 4.78 is 0. The average molecular weight is 149 g/mol. The van der Waals surface area contributed by atoms with Crippen LogP contribution < -0.4 is 0 Å². The van der Waals surface area contributed by atoms with Gasteiger partial charge in [0.2, 0.25) is 0 Å². The second kappa shape index (κ2) is 3.71. The molecule has 0 unspecified atom stereocenters. The highest BCUT2D eigenvalue weighted by atomic mass is 15.1. The first-order valence-corrected chi connectivity index (χ1v) is 3.58. The summed E-state index contributed by atoms with van der Waals surface area (Å²) in [7, 11) is 0. The Morgan fingerprint density at radius 1 is 1.73 bits per heavy atom. The van der Waals surface area contributed by atoms with Crippen molar-refractivity contribution < 1.29 is 0 Å². The second-order valence-corrected chi connectivity index (χ2v) is 2.19. The minimum atomic E-state index is 0.966. The van der Waals surface area contributed by atoms with Gasteiger partial charge in [0.1, 0.15) is 0 Å². The summed E-state index contributed by atoms with van der Waals surface area (Å²) in [6.45, 7) is 2.08. The Hall–Kier alpha value is -1.38. The third-order valence-electron chi connectivity index (χ3n) is 1.49. The van der Waals surface area contributed by atoms with Gasteiger partial charge in [-0.1, -0.05) is 6.92 Å². The molecule has 0 spiro atoms. The summed E-state index contributed by atoms with van der Waals surface area (Å²) in [5, 5.41) is 13.5. The van der Waals surface area contributed by atoms with Crippen LogP contribution in [0.15, 0.2) is 12.3 Å². The molecule has 0 aliphatic heterocycles. The van der Waals surface area contributed by atoms with Crippen LogP contribution >= 0.6 is 0 Å². The smallest absolute Gasteiger partial charge is 0.0610 e. The largest absolute Gasteiger partial charge is 0.309 e. The Morgan fingerprint density at radius 3 is 3.18 bits per heavy atom. The molecule has 0 saturated carbocycles. The SMILES string of the molecule is CCc1cn[nH]c1/C=C\C=N. The molecule has 1 aromatic rings. The second-order valence-electron chi connectivity index (χ2n) is 2.19. The van der Waals surface area contributed by atoms with Crippen LogP contribution in [0.1, 0.15) is 18.2 Å². The zero-order chi connectivity index (χ0) is 8.10. The van der Waals surface area contributed by atoms with Crippen molar-refractivity contribution in [1.29, 1.82) is 5.41 Å². The maximum absolute atomic E-state index is 6.79. The van der Waals surface area contributed by atoms with E-state index in [9.17, 15) is 0 Å². The van der Waals surface area contributed by atoms with E-state index in [1.807, 2.05) is 12.3 Å². The number of nitrogens with zero attached hydrogens (tertiary/aromatic N) is 1. The van der Waals surface area contributed by atoms with Gasteiger partial charge in [-0.3, -0.25) is 5.10 Å². The molecule has 0 aliphatic carbocycles. The van der Waals surface area contributed by atoms with Gasteiger partial charge in [0.15, 0.2) is 0 Å². The highest BCUT2D eigenvalue weighted by Gasteiger charge is 1.96. The molecule has 3 nitrogen and oxygen atoms in total. The van der Waals surface area contributed by atoms with Crippen LogP contribution in [0.5, 0.6) is 0 Å². The molecule has 0 bridgehead atoms. The summed E-state index contributed by atoms with van der Waals surface area (Å²) in [5.41, 5.74) is 2.18. The topological polar surface area (TPSA) is 52.5 Å². The van der Waals surface area contributed by atoms with E-state index in [0.717, 1.165) is 12.1 Å². The lowest BCUT2D eigenvalue weighted by Crippen LogP contribution is -1.80.